The Balaban J connectivity index is 0.00000320. The number of hydrogen-bond donors (Lipinski definition) is 2. The minimum Gasteiger partial charge on any atom is -0.357 e. The maximum absolute atomic E-state index is 5.83. The van der Waals surface area contributed by atoms with Gasteiger partial charge < -0.3 is 15.2 Å². The van der Waals surface area contributed by atoms with Gasteiger partial charge in [0.15, 0.2) is 5.96 Å². The zero-order valence-electron chi connectivity index (χ0n) is 17.1. The monoisotopic (exact) mass is 538 g/mol. The summed E-state index contributed by atoms with van der Waals surface area (Å²) in [4.78, 5) is 13.3. The van der Waals surface area contributed by atoms with E-state index in [1.165, 1.54) is 5.56 Å². The Morgan fingerprint density at radius 1 is 1.03 bits per heavy atom. The molecule has 3 aromatic rings. The zero-order valence-corrected chi connectivity index (χ0v) is 20.2. The molecule has 6 nitrogen and oxygen atoms in total. The second-order valence-corrected chi connectivity index (χ2v) is 7.02. The van der Waals surface area contributed by atoms with Crippen LogP contribution in [0.3, 0.4) is 0 Å². The Hall–Kier alpha value is -2.13. The first-order valence-electron chi connectivity index (χ1n) is 9.91. The zero-order chi connectivity index (χ0) is 20.3. The molecule has 0 atom stereocenters. The van der Waals surface area contributed by atoms with E-state index in [2.05, 4.69) is 61.4 Å². The molecule has 1 aromatic carbocycles. The third kappa shape index (κ3) is 7.95. The lowest BCUT2D eigenvalue weighted by molar-refractivity contribution is 0.712. The highest BCUT2D eigenvalue weighted by atomic mass is 127. The molecule has 0 aliphatic carbocycles. The molecule has 2 heterocycles. The predicted octanol–water partition coefficient (Wildman–Crippen LogP) is 3.94. The Labute approximate surface area is 200 Å². The van der Waals surface area contributed by atoms with E-state index in [0.29, 0.717) is 11.7 Å². The molecule has 160 valence electrons. The van der Waals surface area contributed by atoms with Crippen molar-refractivity contribution in [3.63, 3.8) is 0 Å². The van der Waals surface area contributed by atoms with E-state index in [0.717, 1.165) is 49.8 Å². The fourth-order valence-electron chi connectivity index (χ4n) is 2.98. The van der Waals surface area contributed by atoms with E-state index in [1.54, 1.807) is 6.20 Å². The average molecular weight is 539 g/mol. The summed E-state index contributed by atoms with van der Waals surface area (Å²) in [5.74, 6) is 1.86. The molecule has 0 amide bonds. The minimum atomic E-state index is 0. The third-order valence-electron chi connectivity index (χ3n) is 4.44. The number of benzene rings is 1. The van der Waals surface area contributed by atoms with Gasteiger partial charge in [-0.1, -0.05) is 48.0 Å². The lowest BCUT2D eigenvalue weighted by Gasteiger charge is -2.11. The lowest BCUT2D eigenvalue weighted by atomic mass is 10.2. The summed E-state index contributed by atoms with van der Waals surface area (Å²) in [7, 11) is 0. The smallest absolute Gasteiger partial charge is 0.191 e. The Kier molecular flexibility index (Phi) is 10.6. The molecule has 0 fully saturated rings. The Morgan fingerprint density at radius 3 is 2.60 bits per heavy atom. The van der Waals surface area contributed by atoms with E-state index in [4.69, 9.17) is 11.6 Å². The quantitative estimate of drug-likeness (QED) is 0.187. The Bertz CT molecular complexity index is 896. The van der Waals surface area contributed by atoms with Crippen molar-refractivity contribution in [1.29, 1.82) is 0 Å². The number of aromatic nitrogens is 3. The van der Waals surface area contributed by atoms with Crippen molar-refractivity contribution in [3.8, 4) is 0 Å². The van der Waals surface area contributed by atoms with Gasteiger partial charge in [-0.25, -0.2) is 9.97 Å². The minimum absolute atomic E-state index is 0. The van der Waals surface area contributed by atoms with Crippen molar-refractivity contribution >= 4 is 41.5 Å². The van der Waals surface area contributed by atoms with Crippen molar-refractivity contribution < 1.29 is 0 Å². The van der Waals surface area contributed by atoms with Crippen molar-refractivity contribution in [1.82, 2.24) is 25.2 Å². The summed E-state index contributed by atoms with van der Waals surface area (Å²) in [5.41, 5.74) is 2.41. The van der Waals surface area contributed by atoms with Crippen molar-refractivity contribution in [2.75, 3.05) is 19.6 Å². The van der Waals surface area contributed by atoms with Gasteiger partial charge in [0.05, 0.1) is 0 Å². The molecule has 0 aliphatic heterocycles. The van der Waals surface area contributed by atoms with Crippen LogP contribution in [-0.4, -0.2) is 40.1 Å². The number of imidazole rings is 1. The van der Waals surface area contributed by atoms with Crippen molar-refractivity contribution in [2.24, 2.45) is 4.99 Å². The SMILES string of the molecule is CCNC(=NCCc1nccn1Cc1ccccc1)NCCc1ccc(Cl)nc1.I. The number of pyridine rings is 1. The highest BCUT2D eigenvalue weighted by molar-refractivity contribution is 14.0. The standard InChI is InChI=1S/C22H27ClN6.HI/c1-2-24-22(26-12-10-18-8-9-20(23)28-16-18)27-13-11-21-25-14-15-29(21)17-19-6-4-3-5-7-19;/h3-9,14-16H,2,10-13,17H2,1H3,(H2,24,26,27);1H. The first kappa shape index (κ1) is 24.1. The summed E-state index contributed by atoms with van der Waals surface area (Å²) >= 11 is 5.83. The molecule has 8 heteroatoms. The summed E-state index contributed by atoms with van der Waals surface area (Å²) in [6.45, 7) is 5.15. The molecule has 2 N–H and O–H groups in total. The van der Waals surface area contributed by atoms with Crippen LogP contribution in [-0.2, 0) is 19.4 Å². The van der Waals surface area contributed by atoms with E-state index in [9.17, 15) is 0 Å². The van der Waals surface area contributed by atoms with Gasteiger partial charge in [0.25, 0.3) is 0 Å². The van der Waals surface area contributed by atoms with Crippen LogP contribution in [0.2, 0.25) is 5.15 Å². The van der Waals surface area contributed by atoms with Crippen LogP contribution in [0, 0.1) is 0 Å². The van der Waals surface area contributed by atoms with Crippen LogP contribution in [0.5, 0.6) is 0 Å². The molecular formula is C22H28ClIN6. The van der Waals surface area contributed by atoms with Gasteiger partial charge in [0.2, 0.25) is 0 Å². The van der Waals surface area contributed by atoms with Gasteiger partial charge in [-0.05, 0) is 30.5 Å². The molecule has 0 saturated heterocycles. The van der Waals surface area contributed by atoms with E-state index in [-0.39, 0.29) is 24.0 Å². The van der Waals surface area contributed by atoms with Crippen LogP contribution < -0.4 is 10.6 Å². The first-order chi connectivity index (χ1) is 14.2. The van der Waals surface area contributed by atoms with E-state index >= 15 is 0 Å². The van der Waals surface area contributed by atoms with Gasteiger partial charge in [-0.15, -0.1) is 24.0 Å². The van der Waals surface area contributed by atoms with Crippen LogP contribution in [0.15, 0.2) is 66.0 Å². The van der Waals surface area contributed by atoms with Gasteiger partial charge in [0, 0.05) is 51.2 Å². The fourth-order valence-corrected chi connectivity index (χ4v) is 3.09. The number of hydrogen-bond acceptors (Lipinski definition) is 3. The number of guanidine groups is 1. The third-order valence-corrected chi connectivity index (χ3v) is 4.67. The molecule has 0 radical (unpaired) electrons. The normalized spacial score (nSPS) is 11.1. The summed E-state index contributed by atoms with van der Waals surface area (Å²) in [6.07, 6.45) is 7.33. The number of rotatable bonds is 9. The number of nitrogens with zero attached hydrogens (tertiary/aromatic N) is 4. The van der Waals surface area contributed by atoms with Crippen LogP contribution in [0.4, 0.5) is 0 Å². The molecule has 0 bridgehead atoms. The largest absolute Gasteiger partial charge is 0.357 e. The molecule has 0 aliphatic rings. The highest BCUT2D eigenvalue weighted by Crippen LogP contribution is 2.07. The molecular weight excluding hydrogens is 511 g/mol. The van der Waals surface area contributed by atoms with E-state index < -0.39 is 0 Å². The molecule has 2 aromatic heterocycles. The van der Waals surface area contributed by atoms with Crippen molar-refractivity contribution in [2.45, 2.75) is 26.3 Å². The molecule has 0 spiro atoms. The lowest BCUT2D eigenvalue weighted by Crippen LogP contribution is -2.38. The maximum Gasteiger partial charge on any atom is 0.191 e. The topological polar surface area (TPSA) is 67.1 Å². The van der Waals surface area contributed by atoms with Gasteiger partial charge in [0.1, 0.15) is 11.0 Å². The second kappa shape index (κ2) is 13.2. The number of aliphatic imine (C=N–C) groups is 1. The molecule has 3 rings (SSSR count). The highest BCUT2D eigenvalue weighted by Gasteiger charge is 2.04. The fraction of sp³-hybridized carbons (Fsp3) is 0.318. The summed E-state index contributed by atoms with van der Waals surface area (Å²) in [5, 5.41) is 7.17. The molecule has 0 unspecified atom stereocenters. The van der Waals surface area contributed by atoms with E-state index in [1.807, 2.05) is 30.6 Å². The number of nitrogens with one attached hydrogen (secondary N) is 2. The second-order valence-electron chi connectivity index (χ2n) is 6.63. The summed E-state index contributed by atoms with van der Waals surface area (Å²) < 4.78 is 2.18. The first-order valence-corrected chi connectivity index (χ1v) is 10.3. The van der Waals surface area contributed by atoms with Crippen LogP contribution in [0.1, 0.15) is 23.9 Å². The van der Waals surface area contributed by atoms with Crippen molar-refractivity contribution in [3.05, 3.63) is 83.2 Å². The van der Waals surface area contributed by atoms with Gasteiger partial charge >= 0.3 is 0 Å². The number of halogens is 2. The van der Waals surface area contributed by atoms with Gasteiger partial charge in [-0.2, -0.15) is 0 Å². The molecule has 0 saturated carbocycles. The van der Waals surface area contributed by atoms with Crippen LogP contribution >= 0.6 is 35.6 Å². The molecule has 30 heavy (non-hydrogen) atoms. The maximum atomic E-state index is 5.83. The van der Waals surface area contributed by atoms with Gasteiger partial charge in [-0.3, -0.25) is 4.99 Å². The summed E-state index contributed by atoms with van der Waals surface area (Å²) in [6, 6.07) is 14.2. The van der Waals surface area contributed by atoms with Crippen LogP contribution in [0.25, 0.3) is 0 Å². The predicted molar refractivity (Wildman–Crippen MR) is 134 cm³/mol. The average Bonchev–Trinajstić information content (AvgIpc) is 3.17. The Morgan fingerprint density at radius 2 is 1.87 bits per heavy atom.